The number of nitrogens with one attached hydrogen (secondary N) is 2. The monoisotopic (exact) mass is 433 g/mol. The van der Waals surface area contributed by atoms with Crippen LogP contribution in [0.15, 0.2) is 48.7 Å². The van der Waals surface area contributed by atoms with Crippen molar-refractivity contribution in [2.45, 2.75) is 33.3 Å². The van der Waals surface area contributed by atoms with Gasteiger partial charge >= 0.3 is 0 Å². The number of hydrogen-bond acceptors (Lipinski definition) is 5. The van der Waals surface area contributed by atoms with Gasteiger partial charge in [0.2, 0.25) is 5.88 Å². The lowest BCUT2D eigenvalue weighted by molar-refractivity contribution is 0.0954. The third-order valence-corrected chi connectivity index (χ3v) is 4.79. The van der Waals surface area contributed by atoms with Crippen molar-refractivity contribution in [3.05, 3.63) is 71.6 Å². The van der Waals surface area contributed by atoms with Gasteiger partial charge in [0.25, 0.3) is 5.91 Å². The van der Waals surface area contributed by atoms with Gasteiger partial charge in [0.1, 0.15) is 17.3 Å². The molecule has 0 unspecified atom stereocenters. The van der Waals surface area contributed by atoms with Gasteiger partial charge in [-0.05, 0) is 63.2 Å². The summed E-state index contributed by atoms with van der Waals surface area (Å²) < 4.78 is 19.3. The SMILES string of the molecule is Cc1ncc(CCNC(=O)c2ccc3nc(OC(C)C)c(-c4ccc(F)cc4)nc3c2)[nH]1. The number of aromatic nitrogens is 4. The van der Waals surface area contributed by atoms with Crippen molar-refractivity contribution in [1.82, 2.24) is 25.3 Å². The third-order valence-electron chi connectivity index (χ3n) is 4.79. The highest BCUT2D eigenvalue weighted by atomic mass is 19.1. The van der Waals surface area contributed by atoms with E-state index < -0.39 is 0 Å². The largest absolute Gasteiger partial charge is 0.473 e. The average Bonchev–Trinajstić information content (AvgIpc) is 3.18. The van der Waals surface area contributed by atoms with E-state index in [2.05, 4.69) is 20.3 Å². The molecular weight excluding hydrogens is 409 g/mol. The van der Waals surface area contributed by atoms with E-state index in [1.807, 2.05) is 20.8 Å². The van der Waals surface area contributed by atoms with Gasteiger partial charge in [0.05, 0.1) is 17.1 Å². The average molecular weight is 433 g/mol. The Morgan fingerprint density at radius 1 is 1.12 bits per heavy atom. The number of aromatic amines is 1. The summed E-state index contributed by atoms with van der Waals surface area (Å²) in [5.74, 6) is 0.678. The first-order chi connectivity index (χ1) is 15.4. The zero-order valence-corrected chi connectivity index (χ0v) is 18.1. The summed E-state index contributed by atoms with van der Waals surface area (Å²) >= 11 is 0. The Labute approximate surface area is 185 Å². The first-order valence-corrected chi connectivity index (χ1v) is 10.4. The predicted molar refractivity (Wildman–Crippen MR) is 120 cm³/mol. The molecule has 0 atom stereocenters. The number of carbonyl (C=O) groups excluding carboxylic acids is 1. The Morgan fingerprint density at radius 2 is 1.91 bits per heavy atom. The van der Waals surface area contributed by atoms with Crippen LogP contribution in [0.1, 0.15) is 35.7 Å². The fraction of sp³-hybridized carbons (Fsp3) is 0.250. The van der Waals surface area contributed by atoms with Crippen LogP contribution in [0.25, 0.3) is 22.3 Å². The normalized spacial score (nSPS) is 11.2. The Morgan fingerprint density at radius 3 is 2.59 bits per heavy atom. The van der Waals surface area contributed by atoms with E-state index >= 15 is 0 Å². The van der Waals surface area contributed by atoms with Crippen molar-refractivity contribution >= 4 is 16.9 Å². The highest BCUT2D eigenvalue weighted by Gasteiger charge is 2.16. The highest BCUT2D eigenvalue weighted by Crippen LogP contribution is 2.30. The zero-order chi connectivity index (χ0) is 22.7. The molecule has 2 N–H and O–H groups in total. The molecule has 0 saturated carbocycles. The van der Waals surface area contributed by atoms with Crippen molar-refractivity contribution in [2.24, 2.45) is 0 Å². The van der Waals surface area contributed by atoms with E-state index in [1.165, 1.54) is 12.1 Å². The zero-order valence-electron chi connectivity index (χ0n) is 18.1. The number of imidazole rings is 1. The number of nitrogens with zero attached hydrogens (tertiary/aromatic N) is 3. The number of hydrogen-bond donors (Lipinski definition) is 2. The van der Waals surface area contributed by atoms with Crippen LogP contribution in [-0.4, -0.2) is 38.5 Å². The summed E-state index contributed by atoms with van der Waals surface area (Å²) in [4.78, 5) is 29.2. The molecule has 4 rings (SSSR count). The molecule has 8 heteroatoms. The topological polar surface area (TPSA) is 92.8 Å². The van der Waals surface area contributed by atoms with Crippen molar-refractivity contribution in [2.75, 3.05) is 6.54 Å². The molecular formula is C24H24FN5O2. The number of fused-ring (bicyclic) bond motifs is 1. The van der Waals surface area contributed by atoms with Gasteiger partial charge in [0.15, 0.2) is 0 Å². The van der Waals surface area contributed by atoms with Crippen LogP contribution in [-0.2, 0) is 6.42 Å². The van der Waals surface area contributed by atoms with Crippen molar-refractivity contribution in [3.63, 3.8) is 0 Å². The summed E-state index contributed by atoms with van der Waals surface area (Å²) in [5, 5.41) is 2.91. The highest BCUT2D eigenvalue weighted by molar-refractivity contribution is 5.97. The summed E-state index contributed by atoms with van der Waals surface area (Å²) in [6.45, 7) is 6.17. The molecule has 1 amide bonds. The first-order valence-electron chi connectivity index (χ1n) is 10.4. The molecule has 0 aliphatic rings. The molecule has 0 aliphatic carbocycles. The quantitative estimate of drug-likeness (QED) is 0.455. The molecule has 0 bridgehead atoms. The van der Waals surface area contributed by atoms with E-state index in [9.17, 15) is 9.18 Å². The van der Waals surface area contributed by atoms with Gasteiger partial charge in [-0.2, -0.15) is 0 Å². The van der Waals surface area contributed by atoms with E-state index in [4.69, 9.17) is 9.72 Å². The van der Waals surface area contributed by atoms with Crippen LogP contribution in [0, 0.1) is 12.7 Å². The Kier molecular flexibility index (Phi) is 6.11. The number of H-pyrrole nitrogens is 1. The predicted octanol–water partition coefficient (Wildman–Crippen LogP) is 4.23. The number of aryl methyl sites for hydroxylation is 1. The Balaban J connectivity index is 1.60. The molecule has 164 valence electrons. The minimum absolute atomic E-state index is 0.107. The molecule has 7 nitrogen and oxygen atoms in total. The summed E-state index contributed by atoms with van der Waals surface area (Å²) in [6.07, 6.45) is 2.32. The lowest BCUT2D eigenvalue weighted by Crippen LogP contribution is -2.25. The smallest absolute Gasteiger partial charge is 0.251 e. The molecule has 0 radical (unpaired) electrons. The minimum atomic E-state index is -0.335. The maximum Gasteiger partial charge on any atom is 0.251 e. The number of benzene rings is 2. The lowest BCUT2D eigenvalue weighted by Gasteiger charge is -2.14. The van der Waals surface area contributed by atoms with E-state index in [-0.39, 0.29) is 17.8 Å². The molecule has 32 heavy (non-hydrogen) atoms. The molecule has 4 aromatic rings. The molecule has 0 saturated heterocycles. The van der Waals surface area contributed by atoms with E-state index in [1.54, 1.807) is 36.5 Å². The van der Waals surface area contributed by atoms with Gasteiger partial charge in [-0.25, -0.2) is 19.3 Å². The standard InChI is InChI=1S/C24H24FN5O2/c1-14(2)32-24-22(16-4-7-18(25)8-5-16)29-21-12-17(6-9-20(21)30-24)23(31)26-11-10-19-13-27-15(3)28-19/h4-9,12-14H,10-11H2,1-3H3,(H,26,31)(H,27,28). The third kappa shape index (κ3) is 4.91. The summed E-state index contributed by atoms with van der Waals surface area (Å²) in [6, 6.07) is 11.2. The Hall–Kier alpha value is -3.81. The van der Waals surface area contributed by atoms with Crippen molar-refractivity contribution in [1.29, 1.82) is 0 Å². The van der Waals surface area contributed by atoms with Gasteiger partial charge < -0.3 is 15.0 Å². The first kappa shape index (κ1) is 21.4. The van der Waals surface area contributed by atoms with Crippen LogP contribution in [0.3, 0.4) is 0 Å². The second kappa shape index (κ2) is 9.13. The summed E-state index contributed by atoms with van der Waals surface area (Å²) in [5.41, 5.74) is 3.79. The van der Waals surface area contributed by atoms with Crippen molar-refractivity contribution < 1.29 is 13.9 Å². The van der Waals surface area contributed by atoms with Crippen LogP contribution < -0.4 is 10.1 Å². The maximum atomic E-state index is 13.4. The molecule has 0 fully saturated rings. The minimum Gasteiger partial charge on any atom is -0.473 e. The van der Waals surface area contributed by atoms with Gasteiger partial charge in [-0.1, -0.05) is 0 Å². The van der Waals surface area contributed by atoms with Gasteiger partial charge in [0, 0.05) is 36.0 Å². The number of amides is 1. The number of ether oxygens (including phenoxy) is 1. The molecule has 0 spiro atoms. The number of rotatable bonds is 7. The van der Waals surface area contributed by atoms with E-state index in [0.29, 0.717) is 46.7 Å². The number of carbonyl (C=O) groups is 1. The molecule has 2 aromatic carbocycles. The lowest BCUT2D eigenvalue weighted by atomic mass is 10.1. The van der Waals surface area contributed by atoms with Crippen LogP contribution in [0.4, 0.5) is 4.39 Å². The number of halogens is 1. The van der Waals surface area contributed by atoms with Gasteiger partial charge in [-0.3, -0.25) is 4.79 Å². The van der Waals surface area contributed by atoms with Gasteiger partial charge in [-0.15, -0.1) is 0 Å². The maximum absolute atomic E-state index is 13.4. The molecule has 2 heterocycles. The molecule has 0 aliphatic heterocycles. The second-order valence-electron chi connectivity index (χ2n) is 7.75. The second-order valence-corrected chi connectivity index (χ2v) is 7.75. The van der Waals surface area contributed by atoms with E-state index in [0.717, 1.165) is 11.5 Å². The van der Waals surface area contributed by atoms with Crippen LogP contribution in [0.5, 0.6) is 5.88 Å². The fourth-order valence-electron chi connectivity index (χ4n) is 3.29. The Bertz CT molecular complexity index is 1250. The van der Waals surface area contributed by atoms with Crippen LogP contribution >= 0.6 is 0 Å². The molecule has 2 aromatic heterocycles. The van der Waals surface area contributed by atoms with Crippen LogP contribution in [0.2, 0.25) is 0 Å². The fourth-order valence-corrected chi connectivity index (χ4v) is 3.29. The summed E-state index contributed by atoms with van der Waals surface area (Å²) in [7, 11) is 0. The van der Waals surface area contributed by atoms with Crippen molar-refractivity contribution in [3.8, 4) is 17.1 Å².